The fourth-order valence-corrected chi connectivity index (χ4v) is 6.85. The summed E-state index contributed by atoms with van der Waals surface area (Å²) < 4.78 is 14.4. The van der Waals surface area contributed by atoms with Gasteiger partial charge in [0.25, 0.3) is 0 Å². The number of nitrogens with one attached hydrogen (secondary N) is 1. The molecule has 0 spiro atoms. The number of rotatable bonds is 6. The molecular weight excluding hydrogens is 552 g/mol. The molecule has 12 heteroatoms. The zero-order chi connectivity index (χ0) is 31.1. The van der Waals surface area contributed by atoms with Crippen molar-refractivity contribution >= 4 is 34.6 Å². The van der Waals surface area contributed by atoms with Crippen molar-refractivity contribution in [3.05, 3.63) is 22.6 Å². The Balaban J connectivity index is 1.25. The van der Waals surface area contributed by atoms with Crippen molar-refractivity contribution in [3.8, 4) is 5.75 Å². The molecule has 1 atom stereocenters. The summed E-state index contributed by atoms with van der Waals surface area (Å²) in [7, 11) is 5.56. The van der Waals surface area contributed by atoms with Gasteiger partial charge in [-0.1, -0.05) is 0 Å². The summed E-state index contributed by atoms with van der Waals surface area (Å²) in [5.41, 5.74) is 1.49. The molecule has 0 bridgehead atoms. The minimum Gasteiger partial charge on any atom is -0.494 e. The first-order valence-electron chi connectivity index (χ1n) is 15.4. The van der Waals surface area contributed by atoms with Gasteiger partial charge in [0.1, 0.15) is 23.1 Å². The lowest BCUT2D eigenvalue weighted by Gasteiger charge is -2.40. The fourth-order valence-electron chi connectivity index (χ4n) is 6.85. The average Bonchev–Trinajstić information content (AvgIpc) is 3.21. The van der Waals surface area contributed by atoms with E-state index in [2.05, 4.69) is 22.2 Å². The smallest absolute Gasteiger partial charge is 0.410 e. The van der Waals surface area contributed by atoms with Gasteiger partial charge < -0.3 is 24.2 Å². The number of carbonyl (C=O) groups is 3. The van der Waals surface area contributed by atoms with Gasteiger partial charge >= 0.3 is 11.8 Å². The monoisotopic (exact) mass is 598 g/mol. The third-order valence-corrected chi connectivity index (χ3v) is 9.14. The summed E-state index contributed by atoms with van der Waals surface area (Å²) >= 11 is 0. The number of benzene rings is 1. The van der Waals surface area contributed by atoms with Gasteiger partial charge in [0.05, 0.1) is 18.1 Å². The number of fused-ring (bicyclic) bond motifs is 1. The van der Waals surface area contributed by atoms with E-state index in [0.29, 0.717) is 29.6 Å². The first-order chi connectivity index (χ1) is 20.4. The lowest BCUT2D eigenvalue weighted by Crippen LogP contribution is -2.47. The van der Waals surface area contributed by atoms with Crippen LogP contribution in [0.5, 0.6) is 5.75 Å². The molecule has 1 N–H and O–H groups in total. The van der Waals surface area contributed by atoms with Crippen molar-refractivity contribution in [1.29, 1.82) is 0 Å². The molecule has 12 nitrogen and oxygen atoms in total. The molecule has 2 aromatic rings. The highest BCUT2D eigenvalue weighted by Crippen LogP contribution is 2.39. The number of aromatic nitrogens is 2. The molecule has 3 fully saturated rings. The third-order valence-electron chi connectivity index (χ3n) is 9.14. The standard InChI is InChI=1S/C31H46N6O6/c1-31(2,3)43-30(41)36-15-11-20(12-16-36)19-33(4)21-13-17-35(18-14-21)27-24(42-6)9-7-22-26(27)34(5)29(40)37(22)23-8-10-25(38)32-28(23)39/h7,9,20-21,23H,8,10-19H2,1-6H3,(H,32,38,39). The van der Waals surface area contributed by atoms with E-state index in [0.717, 1.165) is 69.6 Å². The zero-order valence-corrected chi connectivity index (χ0v) is 26.4. The van der Waals surface area contributed by atoms with Crippen LogP contribution in [0.1, 0.15) is 65.3 Å². The fraction of sp³-hybridized carbons (Fsp3) is 0.677. The van der Waals surface area contributed by atoms with Crippen LogP contribution in [-0.2, 0) is 21.4 Å². The molecule has 3 aliphatic heterocycles. The molecule has 43 heavy (non-hydrogen) atoms. The van der Waals surface area contributed by atoms with Crippen LogP contribution in [0.15, 0.2) is 16.9 Å². The van der Waals surface area contributed by atoms with Crippen LogP contribution in [-0.4, -0.2) is 95.4 Å². The number of carbonyl (C=O) groups excluding carboxylic acids is 3. The normalized spacial score (nSPS) is 21.0. The largest absolute Gasteiger partial charge is 0.494 e. The Hall–Kier alpha value is -3.54. The highest BCUT2D eigenvalue weighted by molar-refractivity contribution is 6.01. The predicted octanol–water partition coefficient (Wildman–Crippen LogP) is 2.87. The second-order valence-corrected chi connectivity index (χ2v) is 13.2. The van der Waals surface area contributed by atoms with E-state index < -0.39 is 17.6 Å². The molecule has 1 unspecified atom stereocenters. The van der Waals surface area contributed by atoms with Crippen molar-refractivity contribution in [2.24, 2.45) is 13.0 Å². The topological polar surface area (TPSA) is 118 Å². The Morgan fingerprint density at radius 3 is 2.30 bits per heavy atom. The second kappa shape index (κ2) is 12.2. The molecule has 5 rings (SSSR count). The summed E-state index contributed by atoms with van der Waals surface area (Å²) in [6, 6.07) is 3.39. The first-order valence-corrected chi connectivity index (χ1v) is 15.4. The van der Waals surface area contributed by atoms with Crippen LogP contribution < -0.4 is 20.6 Å². The van der Waals surface area contributed by atoms with E-state index in [1.807, 2.05) is 37.8 Å². The zero-order valence-electron chi connectivity index (χ0n) is 26.4. The minimum atomic E-state index is -0.731. The molecule has 236 valence electrons. The summed E-state index contributed by atoms with van der Waals surface area (Å²) in [4.78, 5) is 56.9. The number of imidazole rings is 1. The predicted molar refractivity (Wildman–Crippen MR) is 164 cm³/mol. The number of ether oxygens (including phenoxy) is 2. The van der Waals surface area contributed by atoms with Gasteiger partial charge in [0.2, 0.25) is 11.8 Å². The number of hydrogen-bond donors (Lipinski definition) is 1. The molecule has 0 radical (unpaired) electrons. The molecule has 1 aromatic heterocycles. The van der Waals surface area contributed by atoms with Crippen molar-refractivity contribution in [3.63, 3.8) is 0 Å². The highest BCUT2D eigenvalue weighted by atomic mass is 16.6. The third kappa shape index (κ3) is 6.39. The van der Waals surface area contributed by atoms with Crippen molar-refractivity contribution in [2.75, 3.05) is 51.8 Å². The van der Waals surface area contributed by atoms with E-state index >= 15 is 0 Å². The van der Waals surface area contributed by atoms with Gasteiger partial charge in [0.15, 0.2) is 0 Å². The SMILES string of the molecule is COc1ccc2c(c1N1CCC(N(C)CC3CCN(C(=O)OC(C)(C)C)CC3)CC1)n(C)c(=O)n2C1CCC(=O)NC1=O. The van der Waals surface area contributed by atoms with Gasteiger partial charge in [0, 0.05) is 52.2 Å². The average molecular weight is 599 g/mol. The van der Waals surface area contributed by atoms with Gasteiger partial charge in [-0.15, -0.1) is 0 Å². The van der Waals surface area contributed by atoms with Crippen LogP contribution in [0, 0.1) is 5.92 Å². The first kappa shape index (κ1) is 30.9. The quantitative estimate of drug-likeness (QED) is 0.505. The number of methoxy groups -OCH3 is 1. The molecular formula is C31H46N6O6. The Morgan fingerprint density at radius 1 is 1.02 bits per heavy atom. The summed E-state index contributed by atoms with van der Waals surface area (Å²) in [6.45, 7) is 9.75. The Morgan fingerprint density at radius 2 is 1.70 bits per heavy atom. The molecule has 3 aliphatic rings. The van der Waals surface area contributed by atoms with E-state index in [4.69, 9.17) is 9.47 Å². The number of piperidine rings is 3. The Labute approximate surface area is 252 Å². The lowest BCUT2D eigenvalue weighted by atomic mass is 9.94. The van der Waals surface area contributed by atoms with Crippen molar-refractivity contribution in [1.82, 2.24) is 24.3 Å². The highest BCUT2D eigenvalue weighted by Gasteiger charge is 2.34. The van der Waals surface area contributed by atoms with Crippen LogP contribution in [0.3, 0.4) is 0 Å². The summed E-state index contributed by atoms with van der Waals surface area (Å²) in [6.07, 6.45) is 4.15. The Kier molecular flexibility index (Phi) is 8.78. The van der Waals surface area contributed by atoms with Crippen LogP contribution in [0.2, 0.25) is 0 Å². The molecule has 0 aliphatic carbocycles. The number of imide groups is 1. The second-order valence-electron chi connectivity index (χ2n) is 13.2. The number of likely N-dealkylation sites (tertiary alicyclic amines) is 1. The minimum absolute atomic E-state index is 0.201. The molecule has 3 saturated heterocycles. The van der Waals surface area contributed by atoms with Crippen molar-refractivity contribution < 1.29 is 23.9 Å². The van der Waals surface area contributed by atoms with Crippen LogP contribution in [0.25, 0.3) is 11.0 Å². The molecule has 3 amide bonds. The maximum Gasteiger partial charge on any atom is 0.410 e. The lowest BCUT2D eigenvalue weighted by molar-refractivity contribution is -0.135. The van der Waals surface area contributed by atoms with E-state index in [9.17, 15) is 19.2 Å². The van der Waals surface area contributed by atoms with Crippen LogP contribution >= 0.6 is 0 Å². The Bertz CT molecular complexity index is 1420. The molecule has 1 aromatic carbocycles. The van der Waals surface area contributed by atoms with Gasteiger partial charge in [-0.2, -0.15) is 0 Å². The van der Waals surface area contributed by atoms with E-state index in [1.54, 1.807) is 18.7 Å². The number of nitrogens with zero attached hydrogens (tertiary/aromatic N) is 5. The number of aryl methyl sites for hydroxylation is 1. The summed E-state index contributed by atoms with van der Waals surface area (Å²) in [5.74, 6) is 0.475. The van der Waals surface area contributed by atoms with Gasteiger partial charge in [-0.05, 0) is 78.0 Å². The van der Waals surface area contributed by atoms with E-state index in [1.165, 1.54) is 4.57 Å². The number of anilines is 1. The van der Waals surface area contributed by atoms with Crippen molar-refractivity contribution in [2.45, 2.75) is 77.0 Å². The molecule has 4 heterocycles. The number of amides is 3. The van der Waals surface area contributed by atoms with E-state index in [-0.39, 0.29) is 24.1 Å². The van der Waals surface area contributed by atoms with Crippen LogP contribution in [0.4, 0.5) is 10.5 Å². The number of hydrogen-bond acceptors (Lipinski definition) is 8. The molecule has 0 saturated carbocycles. The summed E-state index contributed by atoms with van der Waals surface area (Å²) in [5, 5.41) is 2.38. The maximum atomic E-state index is 13.5. The maximum absolute atomic E-state index is 13.5. The van der Waals surface area contributed by atoms with Gasteiger partial charge in [-0.25, -0.2) is 9.59 Å². The van der Waals surface area contributed by atoms with Gasteiger partial charge in [-0.3, -0.25) is 24.0 Å².